The fourth-order valence-corrected chi connectivity index (χ4v) is 4.20. The number of H-pyrrole nitrogens is 1. The fraction of sp³-hybridized carbons (Fsp3) is 0.222. The van der Waals surface area contributed by atoms with Gasteiger partial charge in [0.2, 0.25) is 0 Å². The normalized spacial score (nSPS) is 10.7. The molecule has 7 nitrogen and oxygen atoms in total. The van der Waals surface area contributed by atoms with Gasteiger partial charge < -0.3 is 24.7 Å². The van der Waals surface area contributed by atoms with Crippen LogP contribution in [0.25, 0.3) is 10.9 Å². The molecule has 2 aromatic carbocycles. The van der Waals surface area contributed by atoms with E-state index in [1.54, 1.807) is 32.7 Å². The van der Waals surface area contributed by atoms with Crippen LogP contribution in [0.2, 0.25) is 0 Å². The lowest BCUT2D eigenvalue weighted by Crippen LogP contribution is -2.35. The van der Waals surface area contributed by atoms with Gasteiger partial charge in [0.05, 0.1) is 26.3 Å². The third-order valence-electron chi connectivity index (χ3n) is 5.79. The summed E-state index contributed by atoms with van der Waals surface area (Å²) in [5, 5.41) is 4.72. The van der Waals surface area contributed by atoms with E-state index in [4.69, 9.17) is 21.7 Å². The van der Waals surface area contributed by atoms with Gasteiger partial charge in [-0.15, -0.1) is 0 Å². The predicted octanol–water partition coefficient (Wildman–Crippen LogP) is 4.96. The van der Waals surface area contributed by atoms with E-state index >= 15 is 0 Å². The number of benzene rings is 2. The maximum Gasteiger partial charge on any atom is 0.253 e. The maximum atomic E-state index is 13.0. The number of hydrogen-bond donors (Lipinski definition) is 2. The second-order valence-corrected chi connectivity index (χ2v) is 8.77. The monoisotopic (exact) mass is 488 g/mol. The summed E-state index contributed by atoms with van der Waals surface area (Å²) in [5.41, 5.74) is 5.26. The molecule has 4 rings (SSSR count). The summed E-state index contributed by atoms with van der Waals surface area (Å²) in [6.45, 7) is 4.90. The van der Waals surface area contributed by atoms with Crippen LogP contribution < -0.4 is 20.3 Å². The predicted molar refractivity (Wildman–Crippen MR) is 143 cm³/mol. The van der Waals surface area contributed by atoms with E-state index < -0.39 is 0 Å². The number of aromatic amines is 1. The quantitative estimate of drug-likeness (QED) is 0.356. The van der Waals surface area contributed by atoms with E-state index in [2.05, 4.69) is 28.3 Å². The molecule has 4 aromatic rings. The molecule has 0 aliphatic rings. The van der Waals surface area contributed by atoms with Gasteiger partial charge in [0.25, 0.3) is 5.56 Å². The van der Waals surface area contributed by atoms with E-state index in [-0.39, 0.29) is 5.56 Å². The van der Waals surface area contributed by atoms with Crippen molar-refractivity contribution in [2.45, 2.75) is 26.9 Å². The zero-order valence-corrected chi connectivity index (χ0v) is 21.0. The molecule has 0 radical (unpaired) electrons. The van der Waals surface area contributed by atoms with Gasteiger partial charge in [0, 0.05) is 41.6 Å². The Morgan fingerprint density at radius 1 is 1.06 bits per heavy atom. The molecule has 0 aliphatic carbocycles. The topological polar surface area (TPSA) is 79.5 Å². The SMILES string of the molecule is COc1cc2cc(CN(Cc3cccnc3)C(=S)Nc3ccc(C)cc3C)c(=O)[nH]c2cc1OC. The van der Waals surface area contributed by atoms with Gasteiger partial charge in [-0.25, -0.2) is 0 Å². The highest BCUT2D eigenvalue weighted by Gasteiger charge is 2.16. The first kappa shape index (κ1) is 24.2. The standard InChI is InChI=1S/C27H28N4O3S/c1-17-7-8-22(18(2)10-17)30-27(35)31(15-19-6-5-9-28-14-19)16-21-11-20-12-24(33-3)25(34-4)13-23(20)29-26(21)32/h5-14H,15-16H2,1-4H3,(H,29,32)(H,30,35). The Bertz CT molecular complexity index is 1420. The zero-order valence-electron chi connectivity index (χ0n) is 20.2. The van der Waals surface area contributed by atoms with Crippen LogP contribution in [0.1, 0.15) is 22.3 Å². The molecule has 0 bridgehead atoms. The second kappa shape index (κ2) is 10.6. The Kier molecular flexibility index (Phi) is 7.31. The highest BCUT2D eigenvalue weighted by Crippen LogP contribution is 2.31. The summed E-state index contributed by atoms with van der Waals surface area (Å²) in [6.07, 6.45) is 3.53. The molecule has 0 atom stereocenters. The molecule has 2 N–H and O–H groups in total. The van der Waals surface area contributed by atoms with Gasteiger partial charge in [-0.3, -0.25) is 9.78 Å². The summed E-state index contributed by atoms with van der Waals surface area (Å²) in [6, 6.07) is 15.5. The summed E-state index contributed by atoms with van der Waals surface area (Å²) >= 11 is 5.81. The Balaban J connectivity index is 1.68. The van der Waals surface area contributed by atoms with E-state index in [1.807, 2.05) is 48.2 Å². The molecule has 0 aliphatic heterocycles. The first-order valence-corrected chi connectivity index (χ1v) is 11.6. The molecule has 2 aromatic heterocycles. The van der Waals surface area contributed by atoms with Crippen LogP contribution in [-0.2, 0) is 13.1 Å². The molecule has 2 heterocycles. The molecule has 180 valence electrons. The van der Waals surface area contributed by atoms with E-state index in [9.17, 15) is 4.79 Å². The molecule has 35 heavy (non-hydrogen) atoms. The van der Waals surface area contributed by atoms with Crippen molar-refractivity contribution in [2.24, 2.45) is 0 Å². The minimum Gasteiger partial charge on any atom is -0.493 e. The summed E-state index contributed by atoms with van der Waals surface area (Å²) in [5.74, 6) is 1.15. The van der Waals surface area contributed by atoms with Crippen LogP contribution in [-0.4, -0.2) is 34.2 Å². The first-order valence-electron chi connectivity index (χ1n) is 11.2. The molecule has 0 unspecified atom stereocenters. The van der Waals surface area contributed by atoms with Crippen molar-refractivity contribution >= 4 is 33.9 Å². The molecule has 0 spiro atoms. The van der Waals surface area contributed by atoms with Crippen LogP contribution in [0.5, 0.6) is 11.5 Å². The van der Waals surface area contributed by atoms with Crippen molar-refractivity contribution < 1.29 is 9.47 Å². The number of nitrogens with one attached hydrogen (secondary N) is 2. The zero-order chi connectivity index (χ0) is 24.9. The molecule has 0 saturated carbocycles. The molecular weight excluding hydrogens is 460 g/mol. The van der Waals surface area contributed by atoms with Gasteiger partial charge in [0.1, 0.15) is 0 Å². The van der Waals surface area contributed by atoms with E-state index in [0.29, 0.717) is 40.8 Å². The third kappa shape index (κ3) is 5.60. The Labute approximate surface area is 209 Å². The van der Waals surface area contributed by atoms with Crippen molar-refractivity contribution in [1.82, 2.24) is 14.9 Å². The lowest BCUT2D eigenvalue weighted by atomic mass is 10.1. The maximum absolute atomic E-state index is 13.0. The number of fused-ring (bicyclic) bond motifs is 1. The van der Waals surface area contributed by atoms with E-state index in [1.165, 1.54) is 5.56 Å². The number of aromatic nitrogens is 2. The number of aryl methyl sites for hydroxylation is 2. The number of thiocarbonyl (C=S) groups is 1. The molecule has 8 heteroatoms. The first-order chi connectivity index (χ1) is 16.9. The fourth-order valence-electron chi connectivity index (χ4n) is 3.96. The van der Waals surface area contributed by atoms with Crippen molar-refractivity contribution in [1.29, 1.82) is 0 Å². The summed E-state index contributed by atoms with van der Waals surface area (Å²) in [4.78, 5) is 22.2. The molecule has 0 fully saturated rings. The molecule has 0 saturated heterocycles. The third-order valence-corrected chi connectivity index (χ3v) is 6.15. The average Bonchev–Trinajstić information content (AvgIpc) is 2.85. The minimum atomic E-state index is -0.185. The number of pyridine rings is 2. The van der Waals surface area contributed by atoms with Gasteiger partial charge >= 0.3 is 0 Å². The number of nitrogens with zero attached hydrogens (tertiary/aromatic N) is 2. The van der Waals surface area contributed by atoms with Crippen LogP contribution in [0.4, 0.5) is 5.69 Å². The minimum absolute atomic E-state index is 0.185. The second-order valence-electron chi connectivity index (χ2n) is 8.38. The largest absolute Gasteiger partial charge is 0.493 e. The lowest BCUT2D eigenvalue weighted by molar-refractivity contribution is 0.355. The highest BCUT2D eigenvalue weighted by molar-refractivity contribution is 7.80. The Morgan fingerprint density at radius 2 is 1.83 bits per heavy atom. The van der Waals surface area contributed by atoms with Crippen LogP contribution in [0, 0.1) is 13.8 Å². The van der Waals surface area contributed by atoms with Crippen molar-refractivity contribution in [3.05, 3.63) is 93.5 Å². The number of ether oxygens (including phenoxy) is 2. The van der Waals surface area contributed by atoms with Crippen LogP contribution >= 0.6 is 12.2 Å². The highest BCUT2D eigenvalue weighted by atomic mass is 32.1. The lowest BCUT2D eigenvalue weighted by Gasteiger charge is -2.26. The average molecular weight is 489 g/mol. The van der Waals surface area contributed by atoms with Crippen molar-refractivity contribution in [2.75, 3.05) is 19.5 Å². The smallest absolute Gasteiger partial charge is 0.253 e. The van der Waals surface area contributed by atoms with Gasteiger partial charge in [-0.05, 0) is 61.5 Å². The summed E-state index contributed by atoms with van der Waals surface area (Å²) < 4.78 is 10.8. The number of methoxy groups -OCH3 is 2. The van der Waals surface area contributed by atoms with Crippen LogP contribution in [0.15, 0.2) is 65.7 Å². The molecular formula is C27H28N4O3S. The van der Waals surface area contributed by atoms with Crippen LogP contribution in [0.3, 0.4) is 0 Å². The van der Waals surface area contributed by atoms with Crippen molar-refractivity contribution in [3.63, 3.8) is 0 Å². The van der Waals surface area contributed by atoms with Gasteiger partial charge in [0.15, 0.2) is 16.6 Å². The Hall–Kier alpha value is -3.91. The summed E-state index contributed by atoms with van der Waals surface area (Å²) in [7, 11) is 3.15. The number of anilines is 1. The van der Waals surface area contributed by atoms with Gasteiger partial charge in [-0.2, -0.15) is 0 Å². The Morgan fingerprint density at radius 3 is 2.51 bits per heavy atom. The van der Waals surface area contributed by atoms with Crippen molar-refractivity contribution in [3.8, 4) is 11.5 Å². The van der Waals surface area contributed by atoms with E-state index in [0.717, 1.165) is 22.2 Å². The molecule has 0 amide bonds. The number of rotatable bonds is 7. The van der Waals surface area contributed by atoms with Gasteiger partial charge in [-0.1, -0.05) is 23.8 Å². The number of hydrogen-bond acceptors (Lipinski definition) is 5.